The standard InChI is InChI=1S/C7H13N3O2S/c1-12-4-7(3-11)8-2-6-5-13-10-9-6/h5,7-8,11H,2-4H2,1H3. The number of aromatic nitrogens is 2. The molecule has 6 heteroatoms. The number of rotatable bonds is 6. The van der Waals surface area contributed by atoms with Gasteiger partial charge in [-0.3, -0.25) is 0 Å². The summed E-state index contributed by atoms with van der Waals surface area (Å²) in [4.78, 5) is 0. The van der Waals surface area contributed by atoms with Gasteiger partial charge in [-0.1, -0.05) is 4.49 Å². The molecule has 74 valence electrons. The van der Waals surface area contributed by atoms with Crippen LogP contribution in [0, 0.1) is 0 Å². The zero-order valence-electron chi connectivity index (χ0n) is 7.43. The van der Waals surface area contributed by atoms with E-state index in [2.05, 4.69) is 14.9 Å². The maximum Gasteiger partial charge on any atom is 0.0893 e. The Balaban J connectivity index is 2.23. The van der Waals surface area contributed by atoms with E-state index in [1.165, 1.54) is 11.5 Å². The number of nitrogens with one attached hydrogen (secondary N) is 1. The summed E-state index contributed by atoms with van der Waals surface area (Å²) in [6.07, 6.45) is 0. The minimum absolute atomic E-state index is 0.0355. The first kappa shape index (κ1) is 10.5. The summed E-state index contributed by atoms with van der Waals surface area (Å²) >= 11 is 1.32. The third-order valence-electron chi connectivity index (χ3n) is 1.57. The molecule has 0 aromatic carbocycles. The van der Waals surface area contributed by atoms with Crippen LogP contribution in [0.5, 0.6) is 0 Å². The van der Waals surface area contributed by atoms with Gasteiger partial charge in [0.2, 0.25) is 0 Å². The Morgan fingerprint density at radius 3 is 3.15 bits per heavy atom. The number of aliphatic hydroxyl groups is 1. The molecule has 0 saturated carbocycles. The quantitative estimate of drug-likeness (QED) is 0.660. The highest BCUT2D eigenvalue weighted by molar-refractivity contribution is 7.03. The molecule has 1 aromatic rings. The van der Waals surface area contributed by atoms with Crippen molar-refractivity contribution in [2.45, 2.75) is 12.6 Å². The first-order valence-corrected chi connectivity index (χ1v) is 4.79. The van der Waals surface area contributed by atoms with Crippen LogP contribution in [0.2, 0.25) is 0 Å². The Bertz CT molecular complexity index is 218. The zero-order chi connectivity index (χ0) is 9.52. The van der Waals surface area contributed by atoms with Crippen LogP contribution < -0.4 is 5.32 Å². The number of nitrogens with zero attached hydrogens (tertiary/aromatic N) is 2. The molecule has 5 nitrogen and oxygen atoms in total. The van der Waals surface area contributed by atoms with Crippen molar-refractivity contribution in [3.05, 3.63) is 11.1 Å². The number of aliphatic hydroxyl groups excluding tert-OH is 1. The molecule has 0 aliphatic rings. The second kappa shape index (κ2) is 5.98. The van der Waals surface area contributed by atoms with Gasteiger partial charge in [0.05, 0.1) is 24.9 Å². The van der Waals surface area contributed by atoms with Gasteiger partial charge in [0, 0.05) is 19.0 Å². The Labute approximate surface area is 80.9 Å². The van der Waals surface area contributed by atoms with E-state index in [4.69, 9.17) is 9.84 Å². The van der Waals surface area contributed by atoms with E-state index >= 15 is 0 Å². The van der Waals surface area contributed by atoms with E-state index in [0.29, 0.717) is 13.2 Å². The second-order valence-corrected chi connectivity index (χ2v) is 3.22. The van der Waals surface area contributed by atoms with E-state index < -0.39 is 0 Å². The molecule has 1 aromatic heterocycles. The van der Waals surface area contributed by atoms with Crippen molar-refractivity contribution in [2.24, 2.45) is 0 Å². The lowest BCUT2D eigenvalue weighted by atomic mass is 10.3. The average molecular weight is 203 g/mol. The zero-order valence-corrected chi connectivity index (χ0v) is 8.25. The van der Waals surface area contributed by atoms with Crippen LogP contribution in [0.3, 0.4) is 0 Å². The molecule has 0 saturated heterocycles. The van der Waals surface area contributed by atoms with Gasteiger partial charge in [0.15, 0.2) is 0 Å². The SMILES string of the molecule is COCC(CO)NCc1csnn1. The lowest BCUT2D eigenvalue weighted by Crippen LogP contribution is -2.35. The molecule has 0 aliphatic carbocycles. The van der Waals surface area contributed by atoms with Crippen molar-refractivity contribution in [2.75, 3.05) is 20.3 Å². The number of hydrogen-bond acceptors (Lipinski definition) is 6. The molecular weight excluding hydrogens is 190 g/mol. The van der Waals surface area contributed by atoms with E-state index in [9.17, 15) is 0 Å². The Morgan fingerprint density at radius 2 is 2.62 bits per heavy atom. The van der Waals surface area contributed by atoms with Crippen LogP contribution >= 0.6 is 11.5 Å². The Hall–Kier alpha value is -0.560. The van der Waals surface area contributed by atoms with Crippen molar-refractivity contribution in [1.82, 2.24) is 14.9 Å². The summed E-state index contributed by atoms with van der Waals surface area (Å²) in [5, 5.41) is 17.7. The van der Waals surface area contributed by atoms with Gasteiger partial charge in [0.25, 0.3) is 0 Å². The van der Waals surface area contributed by atoms with Crippen LogP contribution in [-0.4, -0.2) is 41.1 Å². The van der Waals surface area contributed by atoms with Crippen LogP contribution in [0.1, 0.15) is 5.69 Å². The predicted octanol–water partition coefficient (Wildman–Crippen LogP) is -0.365. The summed E-state index contributed by atoms with van der Waals surface area (Å²) in [5.74, 6) is 0. The van der Waals surface area contributed by atoms with Gasteiger partial charge in [-0.15, -0.1) is 5.10 Å². The van der Waals surface area contributed by atoms with Crippen molar-refractivity contribution < 1.29 is 9.84 Å². The third-order valence-corrected chi connectivity index (χ3v) is 2.12. The minimum Gasteiger partial charge on any atom is -0.395 e. The number of hydrogen-bond donors (Lipinski definition) is 2. The van der Waals surface area contributed by atoms with Crippen LogP contribution in [0.15, 0.2) is 5.38 Å². The van der Waals surface area contributed by atoms with Crippen molar-refractivity contribution in [3.63, 3.8) is 0 Å². The molecule has 1 atom stereocenters. The molecule has 0 aliphatic heterocycles. The number of ether oxygens (including phenoxy) is 1. The molecule has 1 heterocycles. The summed E-state index contributed by atoms with van der Waals surface area (Å²) in [5.41, 5.74) is 0.888. The van der Waals surface area contributed by atoms with Gasteiger partial charge in [0.1, 0.15) is 0 Å². The van der Waals surface area contributed by atoms with Crippen LogP contribution in [0.4, 0.5) is 0 Å². The maximum absolute atomic E-state index is 8.91. The number of methoxy groups -OCH3 is 1. The predicted molar refractivity (Wildman–Crippen MR) is 49.5 cm³/mol. The molecule has 0 amide bonds. The van der Waals surface area contributed by atoms with Crippen LogP contribution in [-0.2, 0) is 11.3 Å². The molecule has 0 radical (unpaired) electrons. The molecular formula is C7H13N3O2S. The normalized spacial score (nSPS) is 13.1. The highest BCUT2D eigenvalue weighted by Crippen LogP contribution is 1.96. The molecule has 13 heavy (non-hydrogen) atoms. The van der Waals surface area contributed by atoms with E-state index in [0.717, 1.165) is 5.69 Å². The first-order chi connectivity index (χ1) is 6.36. The molecule has 0 bridgehead atoms. The highest BCUT2D eigenvalue weighted by Gasteiger charge is 2.06. The van der Waals surface area contributed by atoms with E-state index in [-0.39, 0.29) is 12.6 Å². The van der Waals surface area contributed by atoms with Crippen molar-refractivity contribution in [3.8, 4) is 0 Å². The third kappa shape index (κ3) is 3.77. The maximum atomic E-state index is 8.91. The largest absolute Gasteiger partial charge is 0.395 e. The van der Waals surface area contributed by atoms with Gasteiger partial charge in [-0.25, -0.2) is 0 Å². The lowest BCUT2D eigenvalue weighted by Gasteiger charge is -2.13. The molecule has 0 spiro atoms. The summed E-state index contributed by atoms with van der Waals surface area (Å²) in [7, 11) is 1.61. The van der Waals surface area contributed by atoms with E-state index in [1.54, 1.807) is 7.11 Å². The Morgan fingerprint density at radius 1 is 1.77 bits per heavy atom. The topological polar surface area (TPSA) is 67.3 Å². The summed E-state index contributed by atoms with van der Waals surface area (Å²) < 4.78 is 8.64. The van der Waals surface area contributed by atoms with Crippen LogP contribution in [0.25, 0.3) is 0 Å². The fourth-order valence-corrected chi connectivity index (χ4v) is 1.34. The second-order valence-electron chi connectivity index (χ2n) is 2.61. The molecule has 1 rings (SSSR count). The monoisotopic (exact) mass is 203 g/mol. The summed E-state index contributed by atoms with van der Waals surface area (Å²) in [6, 6.07) is -0.0355. The fourth-order valence-electron chi connectivity index (χ4n) is 0.887. The average Bonchev–Trinajstić information content (AvgIpc) is 2.64. The molecule has 0 fully saturated rings. The van der Waals surface area contributed by atoms with Crippen molar-refractivity contribution >= 4 is 11.5 Å². The van der Waals surface area contributed by atoms with Gasteiger partial charge in [-0.05, 0) is 11.5 Å². The highest BCUT2D eigenvalue weighted by atomic mass is 32.1. The molecule has 2 N–H and O–H groups in total. The minimum atomic E-state index is -0.0355. The van der Waals surface area contributed by atoms with Gasteiger partial charge >= 0.3 is 0 Å². The van der Waals surface area contributed by atoms with E-state index in [1.807, 2.05) is 5.38 Å². The Kier molecular flexibility index (Phi) is 4.84. The lowest BCUT2D eigenvalue weighted by molar-refractivity contribution is 0.128. The van der Waals surface area contributed by atoms with Gasteiger partial charge in [-0.2, -0.15) is 0 Å². The molecule has 1 unspecified atom stereocenters. The van der Waals surface area contributed by atoms with Gasteiger partial charge < -0.3 is 15.2 Å². The van der Waals surface area contributed by atoms with Crippen molar-refractivity contribution in [1.29, 1.82) is 0 Å². The fraction of sp³-hybridized carbons (Fsp3) is 0.714. The smallest absolute Gasteiger partial charge is 0.0893 e. The first-order valence-electron chi connectivity index (χ1n) is 3.96. The summed E-state index contributed by atoms with van der Waals surface area (Å²) in [6.45, 7) is 1.17.